The monoisotopic (exact) mass is 283 g/mol. The molecule has 0 unspecified atom stereocenters. The van der Waals surface area contributed by atoms with Crippen LogP contribution in [0, 0.1) is 11.6 Å². The molecule has 1 aromatic heterocycles. The molecule has 0 bridgehead atoms. The van der Waals surface area contributed by atoms with Crippen molar-refractivity contribution in [3.05, 3.63) is 23.8 Å². The Hall–Kier alpha value is -2.18. The summed E-state index contributed by atoms with van der Waals surface area (Å²) in [6.07, 6.45) is 1.68. The van der Waals surface area contributed by atoms with Crippen molar-refractivity contribution in [2.75, 3.05) is 12.3 Å². The summed E-state index contributed by atoms with van der Waals surface area (Å²) < 4.78 is 32.7. The molecule has 5 nitrogen and oxygen atoms in total. The number of esters is 1. The van der Waals surface area contributed by atoms with E-state index in [2.05, 4.69) is 4.98 Å². The Balaban J connectivity index is 2.23. The number of nitrogen functional groups attached to an aromatic ring is 1. The van der Waals surface area contributed by atoms with Gasteiger partial charge in [-0.2, -0.15) is 0 Å². The van der Waals surface area contributed by atoms with Gasteiger partial charge in [0.1, 0.15) is 6.54 Å². The molecule has 108 valence electrons. The molecule has 0 aliphatic rings. The fourth-order valence-corrected chi connectivity index (χ4v) is 1.81. The molecule has 2 rings (SSSR count). The third kappa shape index (κ3) is 2.87. The van der Waals surface area contributed by atoms with Gasteiger partial charge in [0.2, 0.25) is 5.95 Å². The molecular formula is C13H15F2N3O2. The molecule has 0 radical (unpaired) electrons. The average Bonchev–Trinajstić information content (AvgIpc) is 2.67. The van der Waals surface area contributed by atoms with Crippen LogP contribution in [0.15, 0.2) is 12.1 Å². The minimum absolute atomic E-state index is 0.0115. The van der Waals surface area contributed by atoms with E-state index in [1.807, 2.05) is 6.92 Å². The normalized spacial score (nSPS) is 10.9. The Morgan fingerprint density at radius 2 is 2.10 bits per heavy atom. The molecule has 0 saturated heterocycles. The van der Waals surface area contributed by atoms with E-state index in [-0.39, 0.29) is 23.5 Å². The van der Waals surface area contributed by atoms with Crippen molar-refractivity contribution in [3.8, 4) is 0 Å². The maximum absolute atomic E-state index is 13.3. The first kappa shape index (κ1) is 14.2. The Bertz CT molecular complexity index is 640. The number of ether oxygens (including phenoxy) is 1. The molecule has 0 aliphatic carbocycles. The molecule has 0 atom stereocenters. The van der Waals surface area contributed by atoms with Gasteiger partial charge >= 0.3 is 5.97 Å². The van der Waals surface area contributed by atoms with Gasteiger partial charge in [0.15, 0.2) is 11.6 Å². The van der Waals surface area contributed by atoms with Crippen LogP contribution in [0.1, 0.15) is 19.8 Å². The van der Waals surface area contributed by atoms with Crippen molar-refractivity contribution < 1.29 is 18.3 Å². The van der Waals surface area contributed by atoms with Gasteiger partial charge in [-0.05, 0) is 6.42 Å². The number of halogens is 2. The van der Waals surface area contributed by atoms with Crippen LogP contribution in [0.2, 0.25) is 0 Å². The average molecular weight is 283 g/mol. The van der Waals surface area contributed by atoms with Crippen LogP contribution < -0.4 is 5.73 Å². The first-order chi connectivity index (χ1) is 9.52. The summed E-state index contributed by atoms with van der Waals surface area (Å²) in [5.41, 5.74) is 6.11. The van der Waals surface area contributed by atoms with Crippen molar-refractivity contribution in [2.24, 2.45) is 0 Å². The maximum atomic E-state index is 13.3. The third-order valence-electron chi connectivity index (χ3n) is 2.87. The molecule has 2 N–H and O–H groups in total. The number of carbonyl (C=O) groups excluding carboxylic acids is 1. The summed E-state index contributed by atoms with van der Waals surface area (Å²) in [5, 5.41) is 0. The highest BCUT2D eigenvalue weighted by molar-refractivity contribution is 5.81. The van der Waals surface area contributed by atoms with Crippen LogP contribution in [0.5, 0.6) is 0 Å². The number of aromatic nitrogens is 2. The lowest BCUT2D eigenvalue weighted by Gasteiger charge is -2.07. The van der Waals surface area contributed by atoms with Gasteiger partial charge < -0.3 is 10.5 Å². The molecule has 1 heterocycles. The van der Waals surface area contributed by atoms with Crippen molar-refractivity contribution in [3.63, 3.8) is 0 Å². The van der Waals surface area contributed by atoms with Crippen LogP contribution >= 0.6 is 0 Å². The summed E-state index contributed by atoms with van der Waals surface area (Å²) in [6.45, 7) is 2.12. The lowest BCUT2D eigenvalue weighted by molar-refractivity contribution is -0.144. The maximum Gasteiger partial charge on any atom is 0.326 e. The first-order valence-corrected chi connectivity index (χ1v) is 6.29. The highest BCUT2D eigenvalue weighted by atomic mass is 19.2. The lowest BCUT2D eigenvalue weighted by atomic mass is 10.3. The van der Waals surface area contributed by atoms with Gasteiger partial charge in [-0.15, -0.1) is 0 Å². The topological polar surface area (TPSA) is 70.1 Å². The minimum Gasteiger partial charge on any atom is -0.464 e. The number of nitrogens with two attached hydrogens (primary N) is 1. The molecule has 0 spiro atoms. The molecule has 0 amide bonds. The number of nitrogens with zero attached hydrogens (tertiary/aromatic N) is 2. The molecule has 7 heteroatoms. The molecule has 2 aromatic rings. The minimum atomic E-state index is -1.02. The van der Waals surface area contributed by atoms with E-state index in [1.165, 1.54) is 4.57 Å². The van der Waals surface area contributed by atoms with E-state index >= 15 is 0 Å². The zero-order valence-corrected chi connectivity index (χ0v) is 11.0. The Morgan fingerprint density at radius 3 is 2.80 bits per heavy atom. The van der Waals surface area contributed by atoms with Gasteiger partial charge in [-0.1, -0.05) is 13.3 Å². The van der Waals surface area contributed by atoms with E-state index in [9.17, 15) is 13.6 Å². The molecule has 0 aliphatic heterocycles. The van der Waals surface area contributed by atoms with Crippen molar-refractivity contribution in [2.45, 2.75) is 26.3 Å². The van der Waals surface area contributed by atoms with Crippen LogP contribution in [0.25, 0.3) is 11.0 Å². The highest BCUT2D eigenvalue weighted by Gasteiger charge is 2.15. The van der Waals surface area contributed by atoms with Gasteiger partial charge in [0, 0.05) is 12.1 Å². The highest BCUT2D eigenvalue weighted by Crippen LogP contribution is 2.21. The van der Waals surface area contributed by atoms with E-state index in [1.54, 1.807) is 0 Å². The van der Waals surface area contributed by atoms with Gasteiger partial charge in [-0.25, -0.2) is 13.8 Å². The molecule has 1 aromatic carbocycles. The lowest BCUT2D eigenvalue weighted by Crippen LogP contribution is -2.15. The second kappa shape index (κ2) is 5.85. The van der Waals surface area contributed by atoms with E-state index in [0.29, 0.717) is 6.61 Å². The van der Waals surface area contributed by atoms with Crippen molar-refractivity contribution >= 4 is 23.0 Å². The number of fused-ring (bicyclic) bond motifs is 1. The Kier molecular flexibility index (Phi) is 4.16. The van der Waals surface area contributed by atoms with Crippen LogP contribution in [-0.2, 0) is 16.1 Å². The van der Waals surface area contributed by atoms with Crippen LogP contribution in [0.3, 0.4) is 0 Å². The fraction of sp³-hybridized carbons (Fsp3) is 0.385. The number of anilines is 1. The quantitative estimate of drug-likeness (QED) is 0.675. The van der Waals surface area contributed by atoms with Crippen molar-refractivity contribution in [1.29, 1.82) is 0 Å². The SMILES string of the molecule is CCCCOC(=O)Cn1c(N)nc2cc(F)c(F)cc21. The predicted molar refractivity (Wildman–Crippen MR) is 69.9 cm³/mol. The molecule has 20 heavy (non-hydrogen) atoms. The van der Waals surface area contributed by atoms with Gasteiger partial charge in [0.05, 0.1) is 17.6 Å². The summed E-state index contributed by atoms with van der Waals surface area (Å²) in [4.78, 5) is 15.5. The van der Waals surface area contributed by atoms with Crippen molar-refractivity contribution in [1.82, 2.24) is 9.55 Å². The largest absolute Gasteiger partial charge is 0.464 e. The summed E-state index contributed by atoms with van der Waals surface area (Å²) in [7, 11) is 0. The second-order valence-electron chi connectivity index (χ2n) is 4.39. The number of benzene rings is 1. The molecule has 0 saturated carbocycles. The smallest absolute Gasteiger partial charge is 0.326 e. The number of imidazole rings is 1. The van der Waals surface area contributed by atoms with E-state index < -0.39 is 17.6 Å². The van der Waals surface area contributed by atoms with E-state index in [0.717, 1.165) is 25.0 Å². The predicted octanol–water partition coefficient (Wildman–Crippen LogP) is 2.24. The number of hydrogen-bond acceptors (Lipinski definition) is 4. The first-order valence-electron chi connectivity index (χ1n) is 6.29. The summed E-state index contributed by atoms with van der Waals surface area (Å²) in [5.74, 6) is -2.50. The number of rotatable bonds is 5. The van der Waals surface area contributed by atoms with Crippen LogP contribution in [-0.4, -0.2) is 22.1 Å². The second-order valence-corrected chi connectivity index (χ2v) is 4.39. The summed E-state index contributed by atoms with van der Waals surface area (Å²) >= 11 is 0. The molecule has 0 fully saturated rings. The Labute approximate surface area is 114 Å². The Morgan fingerprint density at radius 1 is 1.40 bits per heavy atom. The fourth-order valence-electron chi connectivity index (χ4n) is 1.81. The standard InChI is InChI=1S/C13H15F2N3O2/c1-2-3-4-20-12(19)7-18-11-6-9(15)8(14)5-10(11)17-13(18)16/h5-6H,2-4,7H2,1H3,(H2,16,17). The van der Waals surface area contributed by atoms with Crippen LogP contribution in [0.4, 0.5) is 14.7 Å². The van der Waals surface area contributed by atoms with Gasteiger partial charge in [-0.3, -0.25) is 9.36 Å². The van der Waals surface area contributed by atoms with Gasteiger partial charge in [0.25, 0.3) is 0 Å². The zero-order valence-electron chi connectivity index (χ0n) is 11.0. The number of hydrogen-bond donors (Lipinski definition) is 1. The molecular weight excluding hydrogens is 268 g/mol. The summed E-state index contributed by atoms with van der Waals surface area (Å²) in [6, 6.07) is 1.91. The number of carbonyl (C=O) groups is 1. The zero-order chi connectivity index (χ0) is 14.7. The number of unbranched alkanes of at least 4 members (excludes halogenated alkanes) is 1. The van der Waals surface area contributed by atoms with E-state index in [4.69, 9.17) is 10.5 Å². The third-order valence-corrected chi connectivity index (χ3v) is 2.87.